The van der Waals surface area contributed by atoms with E-state index in [9.17, 15) is 0 Å². The van der Waals surface area contributed by atoms with Crippen LogP contribution < -0.4 is 0 Å². The Morgan fingerprint density at radius 3 is 2.83 bits per heavy atom. The molecule has 3 nitrogen and oxygen atoms in total. The molecule has 96 valence electrons. The third kappa shape index (κ3) is 1.91. The SMILES string of the molecule is Cc1cnc2c(c1)nc(CCl)n2CC1CC1(C)C. The molecule has 18 heavy (non-hydrogen) atoms. The highest BCUT2D eigenvalue weighted by atomic mass is 35.5. The number of imidazole rings is 1. The molecular weight excluding hydrogens is 246 g/mol. The van der Waals surface area contributed by atoms with Crippen LogP contribution in [0.25, 0.3) is 11.2 Å². The predicted molar refractivity (Wildman–Crippen MR) is 73.7 cm³/mol. The highest BCUT2D eigenvalue weighted by molar-refractivity contribution is 6.16. The molecule has 0 aromatic carbocycles. The van der Waals surface area contributed by atoms with Crippen molar-refractivity contribution in [3.63, 3.8) is 0 Å². The Bertz CT molecular complexity index is 600. The Morgan fingerprint density at radius 1 is 1.50 bits per heavy atom. The van der Waals surface area contributed by atoms with E-state index in [4.69, 9.17) is 11.6 Å². The number of pyridine rings is 1. The Hall–Kier alpha value is -1.09. The third-order valence-electron chi connectivity index (χ3n) is 4.04. The molecule has 0 amide bonds. The van der Waals surface area contributed by atoms with Crippen molar-refractivity contribution in [2.24, 2.45) is 11.3 Å². The van der Waals surface area contributed by atoms with E-state index in [2.05, 4.69) is 34.4 Å². The normalized spacial score (nSPS) is 21.4. The number of alkyl halides is 1. The molecule has 3 rings (SSSR count). The molecule has 2 aromatic heterocycles. The van der Waals surface area contributed by atoms with E-state index in [0.29, 0.717) is 11.3 Å². The largest absolute Gasteiger partial charge is 0.311 e. The van der Waals surface area contributed by atoms with Crippen molar-refractivity contribution in [3.05, 3.63) is 23.7 Å². The van der Waals surface area contributed by atoms with Crippen LogP contribution in [-0.2, 0) is 12.4 Å². The highest BCUT2D eigenvalue weighted by Gasteiger charge is 2.45. The third-order valence-corrected chi connectivity index (χ3v) is 4.28. The van der Waals surface area contributed by atoms with Gasteiger partial charge >= 0.3 is 0 Å². The fourth-order valence-corrected chi connectivity index (χ4v) is 2.76. The van der Waals surface area contributed by atoms with Gasteiger partial charge in [-0.3, -0.25) is 0 Å². The monoisotopic (exact) mass is 263 g/mol. The summed E-state index contributed by atoms with van der Waals surface area (Å²) < 4.78 is 2.20. The second-order valence-corrected chi connectivity index (χ2v) is 6.28. The first-order valence-corrected chi connectivity index (χ1v) is 6.92. The van der Waals surface area contributed by atoms with Crippen molar-refractivity contribution in [2.75, 3.05) is 0 Å². The minimum Gasteiger partial charge on any atom is -0.311 e. The van der Waals surface area contributed by atoms with Crippen LogP contribution in [0.4, 0.5) is 0 Å². The predicted octanol–water partition coefficient (Wildman–Crippen LogP) is 3.52. The number of hydrogen-bond acceptors (Lipinski definition) is 2. The van der Waals surface area contributed by atoms with Crippen molar-refractivity contribution in [1.82, 2.24) is 14.5 Å². The zero-order chi connectivity index (χ0) is 12.9. The second-order valence-electron chi connectivity index (χ2n) is 6.02. The van der Waals surface area contributed by atoms with Crippen LogP contribution in [-0.4, -0.2) is 14.5 Å². The van der Waals surface area contributed by atoms with E-state index in [-0.39, 0.29) is 0 Å². The lowest BCUT2D eigenvalue weighted by Crippen LogP contribution is -2.07. The molecule has 0 saturated heterocycles. The first-order chi connectivity index (χ1) is 8.51. The fourth-order valence-electron chi connectivity index (χ4n) is 2.56. The molecule has 0 bridgehead atoms. The summed E-state index contributed by atoms with van der Waals surface area (Å²) in [5, 5.41) is 0. The summed E-state index contributed by atoms with van der Waals surface area (Å²) in [5.74, 6) is 2.11. The van der Waals surface area contributed by atoms with E-state index in [1.165, 1.54) is 6.42 Å². The van der Waals surface area contributed by atoms with E-state index in [1.54, 1.807) is 0 Å². The number of fused-ring (bicyclic) bond motifs is 1. The molecule has 2 heterocycles. The summed E-state index contributed by atoms with van der Waals surface area (Å²) in [6.07, 6.45) is 3.18. The van der Waals surface area contributed by atoms with Gasteiger partial charge in [-0.25, -0.2) is 9.97 Å². The highest BCUT2D eigenvalue weighted by Crippen LogP contribution is 2.52. The summed E-state index contributed by atoms with van der Waals surface area (Å²) >= 11 is 6.01. The van der Waals surface area contributed by atoms with Gasteiger partial charge in [-0.1, -0.05) is 13.8 Å². The average Bonchev–Trinajstić information content (AvgIpc) is 2.77. The molecule has 2 aromatic rings. The Balaban J connectivity index is 2.03. The Labute approximate surface area is 112 Å². The van der Waals surface area contributed by atoms with Crippen LogP contribution in [0.5, 0.6) is 0 Å². The maximum atomic E-state index is 6.01. The lowest BCUT2D eigenvalue weighted by atomic mass is 10.1. The number of rotatable bonds is 3. The second kappa shape index (κ2) is 3.95. The number of aromatic nitrogens is 3. The van der Waals surface area contributed by atoms with Crippen molar-refractivity contribution < 1.29 is 0 Å². The average molecular weight is 264 g/mol. The standard InChI is InChI=1S/C14H18ClN3/c1-9-4-11-13(16-7-9)18(12(6-15)17-11)8-10-5-14(10,2)3/h4,7,10H,5-6,8H2,1-3H3. The summed E-state index contributed by atoms with van der Waals surface area (Å²) in [6.45, 7) is 7.65. The summed E-state index contributed by atoms with van der Waals surface area (Å²) in [6, 6.07) is 2.08. The molecule has 0 radical (unpaired) electrons. The van der Waals surface area contributed by atoms with E-state index < -0.39 is 0 Å². The van der Waals surface area contributed by atoms with Gasteiger partial charge in [0.1, 0.15) is 11.3 Å². The van der Waals surface area contributed by atoms with Gasteiger partial charge in [0.05, 0.1) is 5.88 Å². The van der Waals surface area contributed by atoms with Crippen molar-refractivity contribution >= 4 is 22.8 Å². The van der Waals surface area contributed by atoms with Crippen LogP contribution in [0.1, 0.15) is 31.7 Å². The first kappa shape index (κ1) is 12.0. The summed E-state index contributed by atoms with van der Waals surface area (Å²) in [7, 11) is 0. The Morgan fingerprint density at radius 2 is 2.22 bits per heavy atom. The van der Waals surface area contributed by atoms with Gasteiger partial charge in [0, 0.05) is 12.7 Å². The van der Waals surface area contributed by atoms with Crippen LogP contribution in [0.15, 0.2) is 12.3 Å². The van der Waals surface area contributed by atoms with Crippen LogP contribution in [0, 0.1) is 18.3 Å². The topological polar surface area (TPSA) is 30.7 Å². The molecule has 1 unspecified atom stereocenters. The van der Waals surface area contributed by atoms with Gasteiger partial charge < -0.3 is 4.57 Å². The summed E-state index contributed by atoms with van der Waals surface area (Å²) in [5.41, 5.74) is 3.54. The number of aryl methyl sites for hydroxylation is 1. The number of nitrogens with zero attached hydrogens (tertiary/aromatic N) is 3. The van der Waals surface area contributed by atoms with Crippen molar-refractivity contribution in [1.29, 1.82) is 0 Å². The van der Waals surface area contributed by atoms with E-state index >= 15 is 0 Å². The smallest absolute Gasteiger partial charge is 0.160 e. The Kier molecular flexibility index (Phi) is 2.63. The number of hydrogen-bond donors (Lipinski definition) is 0. The zero-order valence-corrected chi connectivity index (χ0v) is 11.8. The van der Waals surface area contributed by atoms with Crippen LogP contribution in [0.2, 0.25) is 0 Å². The van der Waals surface area contributed by atoms with Gasteiger partial charge in [-0.05, 0) is 36.3 Å². The molecule has 0 spiro atoms. The van der Waals surface area contributed by atoms with E-state index in [0.717, 1.165) is 35.0 Å². The minimum absolute atomic E-state index is 0.447. The zero-order valence-electron chi connectivity index (χ0n) is 11.1. The van der Waals surface area contributed by atoms with Crippen molar-refractivity contribution in [3.8, 4) is 0 Å². The van der Waals surface area contributed by atoms with Gasteiger partial charge in [-0.15, -0.1) is 11.6 Å². The molecule has 1 aliphatic rings. The molecule has 1 atom stereocenters. The molecule has 1 fully saturated rings. The molecule has 1 saturated carbocycles. The molecular formula is C14H18ClN3. The van der Waals surface area contributed by atoms with Crippen LogP contribution >= 0.6 is 11.6 Å². The molecule has 4 heteroatoms. The molecule has 0 N–H and O–H groups in total. The number of halogens is 1. The van der Waals surface area contributed by atoms with Gasteiger partial charge in [0.2, 0.25) is 0 Å². The van der Waals surface area contributed by atoms with Crippen molar-refractivity contribution in [2.45, 2.75) is 39.6 Å². The van der Waals surface area contributed by atoms with Crippen LogP contribution in [0.3, 0.4) is 0 Å². The van der Waals surface area contributed by atoms with Gasteiger partial charge in [0.15, 0.2) is 5.65 Å². The van der Waals surface area contributed by atoms with Gasteiger partial charge in [0.25, 0.3) is 0 Å². The maximum Gasteiger partial charge on any atom is 0.160 e. The molecule has 1 aliphatic carbocycles. The fraction of sp³-hybridized carbons (Fsp3) is 0.571. The lowest BCUT2D eigenvalue weighted by Gasteiger charge is -2.08. The quantitative estimate of drug-likeness (QED) is 0.794. The van der Waals surface area contributed by atoms with E-state index in [1.807, 2.05) is 13.1 Å². The molecule has 0 aliphatic heterocycles. The lowest BCUT2D eigenvalue weighted by molar-refractivity contribution is 0.497. The maximum absolute atomic E-state index is 6.01. The first-order valence-electron chi connectivity index (χ1n) is 6.39. The summed E-state index contributed by atoms with van der Waals surface area (Å²) in [4.78, 5) is 9.11. The van der Waals surface area contributed by atoms with Gasteiger partial charge in [-0.2, -0.15) is 0 Å². The minimum atomic E-state index is 0.447.